The summed E-state index contributed by atoms with van der Waals surface area (Å²) in [5.41, 5.74) is -0.470. The Morgan fingerprint density at radius 2 is 2.04 bits per heavy atom. The third-order valence-electron chi connectivity index (χ3n) is 2.91. The molecule has 0 atom stereocenters. The van der Waals surface area contributed by atoms with Gasteiger partial charge in [0.1, 0.15) is 5.75 Å². The van der Waals surface area contributed by atoms with Crippen LogP contribution in [0.1, 0.15) is 5.69 Å². The van der Waals surface area contributed by atoms with E-state index in [-0.39, 0.29) is 13.1 Å². The number of aromatic nitrogens is 2. The van der Waals surface area contributed by atoms with Gasteiger partial charge in [-0.25, -0.2) is 4.79 Å². The van der Waals surface area contributed by atoms with Crippen LogP contribution in [0.4, 0.5) is 23.7 Å². The first-order valence-electron chi connectivity index (χ1n) is 6.68. The number of anilines is 1. The van der Waals surface area contributed by atoms with Gasteiger partial charge in [0, 0.05) is 12.7 Å². The van der Waals surface area contributed by atoms with Crippen molar-refractivity contribution in [3.63, 3.8) is 0 Å². The molecule has 9 heteroatoms. The van der Waals surface area contributed by atoms with Crippen LogP contribution in [0.5, 0.6) is 5.75 Å². The van der Waals surface area contributed by atoms with Crippen molar-refractivity contribution in [1.29, 1.82) is 0 Å². The predicted octanol–water partition coefficient (Wildman–Crippen LogP) is 2.73. The molecule has 1 aromatic carbocycles. The number of carbonyl (C=O) groups excluding carboxylic acids is 1. The number of methoxy groups -OCH3 is 1. The number of urea groups is 1. The smallest absolute Gasteiger partial charge is 0.435 e. The Hall–Kier alpha value is -2.71. The van der Waals surface area contributed by atoms with Crippen LogP contribution in [-0.4, -0.2) is 29.5 Å². The summed E-state index contributed by atoms with van der Waals surface area (Å²) < 4.78 is 43.4. The van der Waals surface area contributed by atoms with Crippen LogP contribution in [0.3, 0.4) is 0 Å². The first-order chi connectivity index (χ1) is 10.9. The zero-order valence-electron chi connectivity index (χ0n) is 12.2. The Labute approximate surface area is 130 Å². The summed E-state index contributed by atoms with van der Waals surface area (Å²) in [6.45, 7) is 0.245. The van der Waals surface area contributed by atoms with E-state index in [1.165, 1.54) is 13.3 Å². The second-order valence-corrected chi connectivity index (χ2v) is 4.54. The van der Waals surface area contributed by atoms with E-state index in [2.05, 4.69) is 15.7 Å². The number of nitrogens with zero attached hydrogens (tertiary/aromatic N) is 2. The Bertz CT molecular complexity index is 670. The van der Waals surface area contributed by atoms with Crippen molar-refractivity contribution in [2.24, 2.45) is 0 Å². The lowest BCUT2D eigenvalue weighted by Gasteiger charge is -2.11. The Morgan fingerprint density at radius 3 is 2.70 bits per heavy atom. The number of hydrogen-bond donors (Lipinski definition) is 2. The maximum atomic E-state index is 12.4. The van der Waals surface area contributed by atoms with E-state index < -0.39 is 17.9 Å². The average molecular weight is 328 g/mol. The SMILES string of the molecule is COc1ccccc1NC(=O)NCCn1ccc(C(F)(F)F)n1. The number of rotatable bonds is 5. The van der Waals surface area contributed by atoms with Gasteiger partial charge in [0.2, 0.25) is 0 Å². The van der Waals surface area contributed by atoms with Gasteiger partial charge in [0.25, 0.3) is 0 Å². The lowest BCUT2D eigenvalue weighted by molar-refractivity contribution is -0.141. The Morgan fingerprint density at radius 1 is 1.30 bits per heavy atom. The Balaban J connectivity index is 1.82. The number of benzene rings is 1. The van der Waals surface area contributed by atoms with Crippen LogP contribution in [0, 0.1) is 0 Å². The zero-order valence-corrected chi connectivity index (χ0v) is 12.2. The minimum absolute atomic E-state index is 0.120. The minimum Gasteiger partial charge on any atom is -0.495 e. The number of nitrogens with one attached hydrogen (secondary N) is 2. The van der Waals surface area contributed by atoms with Gasteiger partial charge >= 0.3 is 12.2 Å². The molecule has 0 aliphatic carbocycles. The summed E-state index contributed by atoms with van der Waals surface area (Å²) in [6, 6.07) is 7.25. The van der Waals surface area contributed by atoms with Gasteiger partial charge in [0.15, 0.2) is 5.69 Å². The van der Waals surface area contributed by atoms with Gasteiger partial charge in [-0.05, 0) is 18.2 Å². The van der Waals surface area contributed by atoms with Gasteiger partial charge < -0.3 is 15.4 Å². The Kier molecular flexibility index (Phi) is 5.09. The van der Waals surface area contributed by atoms with Crippen LogP contribution in [0.25, 0.3) is 0 Å². The van der Waals surface area contributed by atoms with Gasteiger partial charge in [0.05, 0.1) is 19.3 Å². The zero-order chi connectivity index (χ0) is 16.9. The molecule has 0 saturated heterocycles. The quantitative estimate of drug-likeness (QED) is 0.887. The first-order valence-corrected chi connectivity index (χ1v) is 6.68. The van der Waals surface area contributed by atoms with Gasteiger partial charge in [-0.3, -0.25) is 4.68 Å². The van der Waals surface area contributed by atoms with Gasteiger partial charge in [-0.15, -0.1) is 0 Å². The van der Waals surface area contributed by atoms with Gasteiger partial charge in [-0.1, -0.05) is 12.1 Å². The minimum atomic E-state index is -4.47. The van der Waals surface area contributed by atoms with Crippen LogP contribution in [-0.2, 0) is 12.7 Å². The maximum absolute atomic E-state index is 12.4. The summed E-state index contributed by atoms with van der Waals surface area (Å²) in [5, 5.41) is 8.51. The average Bonchev–Trinajstić information content (AvgIpc) is 2.97. The second kappa shape index (κ2) is 7.03. The van der Waals surface area contributed by atoms with Crippen molar-refractivity contribution in [3.05, 3.63) is 42.2 Å². The molecule has 2 N–H and O–H groups in total. The predicted molar refractivity (Wildman–Crippen MR) is 77.2 cm³/mol. The van der Waals surface area contributed by atoms with Crippen molar-refractivity contribution in [3.8, 4) is 5.75 Å². The van der Waals surface area contributed by atoms with E-state index >= 15 is 0 Å². The molecule has 0 aliphatic rings. The van der Waals surface area contributed by atoms with Gasteiger partial charge in [-0.2, -0.15) is 18.3 Å². The highest BCUT2D eigenvalue weighted by Gasteiger charge is 2.33. The largest absolute Gasteiger partial charge is 0.495 e. The van der Waals surface area contributed by atoms with Crippen LogP contribution in [0.2, 0.25) is 0 Å². The molecule has 0 unspecified atom stereocenters. The molecule has 0 bridgehead atoms. The molecule has 23 heavy (non-hydrogen) atoms. The molecule has 0 aliphatic heterocycles. The fourth-order valence-corrected chi connectivity index (χ4v) is 1.84. The maximum Gasteiger partial charge on any atom is 0.435 e. The summed E-state index contributed by atoms with van der Waals surface area (Å²) in [5.74, 6) is 0.504. The number of amides is 2. The molecule has 0 radical (unpaired) electrons. The fraction of sp³-hybridized carbons (Fsp3) is 0.286. The molecule has 2 amide bonds. The molecule has 0 fully saturated rings. The van der Waals surface area contributed by atoms with E-state index in [9.17, 15) is 18.0 Å². The number of hydrogen-bond acceptors (Lipinski definition) is 3. The molecule has 1 aromatic heterocycles. The van der Waals surface area contributed by atoms with E-state index in [4.69, 9.17) is 4.74 Å². The third kappa shape index (κ3) is 4.63. The highest BCUT2D eigenvalue weighted by molar-refractivity contribution is 5.90. The van der Waals surface area contributed by atoms with E-state index in [0.29, 0.717) is 11.4 Å². The van der Waals surface area contributed by atoms with Crippen molar-refractivity contribution in [2.45, 2.75) is 12.7 Å². The number of alkyl halides is 3. The first kappa shape index (κ1) is 16.7. The van der Waals surface area contributed by atoms with Crippen molar-refractivity contribution < 1.29 is 22.7 Å². The molecule has 1 heterocycles. The molecule has 124 valence electrons. The summed E-state index contributed by atoms with van der Waals surface area (Å²) >= 11 is 0. The standard InChI is InChI=1S/C14H15F3N4O2/c1-23-11-5-3-2-4-10(11)19-13(22)18-7-9-21-8-6-12(20-21)14(15,16)17/h2-6,8H,7,9H2,1H3,(H2,18,19,22). The summed E-state index contributed by atoms with van der Waals surface area (Å²) in [4.78, 5) is 11.7. The van der Waals surface area contributed by atoms with E-state index in [1.807, 2.05) is 0 Å². The number of para-hydroxylation sites is 2. The molecule has 6 nitrogen and oxygen atoms in total. The third-order valence-corrected chi connectivity index (χ3v) is 2.91. The summed E-state index contributed by atoms with van der Waals surface area (Å²) in [6.07, 6.45) is -3.26. The summed E-state index contributed by atoms with van der Waals surface area (Å²) in [7, 11) is 1.48. The highest BCUT2D eigenvalue weighted by atomic mass is 19.4. The number of carbonyl (C=O) groups is 1. The second-order valence-electron chi connectivity index (χ2n) is 4.54. The van der Waals surface area contributed by atoms with Crippen LogP contribution < -0.4 is 15.4 Å². The molecular formula is C14H15F3N4O2. The lowest BCUT2D eigenvalue weighted by Crippen LogP contribution is -2.31. The molecular weight excluding hydrogens is 313 g/mol. The monoisotopic (exact) mass is 328 g/mol. The molecule has 2 aromatic rings. The topological polar surface area (TPSA) is 68.2 Å². The van der Waals surface area contributed by atoms with Crippen LogP contribution >= 0.6 is 0 Å². The normalized spacial score (nSPS) is 11.1. The van der Waals surface area contributed by atoms with Crippen LogP contribution in [0.15, 0.2) is 36.5 Å². The van der Waals surface area contributed by atoms with Crippen molar-refractivity contribution >= 4 is 11.7 Å². The highest BCUT2D eigenvalue weighted by Crippen LogP contribution is 2.27. The van der Waals surface area contributed by atoms with Crippen molar-refractivity contribution in [2.75, 3.05) is 19.0 Å². The van der Waals surface area contributed by atoms with Crippen molar-refractivity contribution in [1.82, 2.24) is 15.1 Å². The van der Waals surface area contributed by atoms with E-state index in [0.717, 1.165) is 10.7 Å². The number of ether oxygens (including phenoxy) is 1. The lowest BCUT2D eigenvalue weighted by atomic mass is 10.3. The molecule has 2 rings (SSSR count). The van der Waals surface area contributed by atoms with E-state index in [1.54, 1.807) is 24.3 Å². The number of halogens is 3. The molecule has 0 saturated carbocycles. The fourth-order valence-electron chi connectivity index (χ4n) is 1.84. The molecule has 0 spiro atoms.